The van der Waals surface area contributed by atoms with Crippen LogP contribution in [0.3, 0.4) is 0 Å². The third kappa shape index (κ3) is 2.62. The van der Waals surface area contributed by atoms with Crippen molar-refractivity contribution >= 4 is 26.6 Å². The molecule has 0 bridgehead atoms. The van der Waals surface area contributed by atoms with Crippen molar-refractivity contribution in [2.75, 3.05) is 12.0 Å². The molecular formula is C3H7ClOP+. The van der Waals surface area contributed by atoms with E-state index in [0.29, 0.717) is 6.16 Å². The maximum Gasteiger partial charge on any atom is 0.183 e. The van der Waals surface area contributed by atoms with Crippen molar-refractivity contribution in [3.05, 3.63) is 0 Å². The van der Waals surface area contributed by atoms with E-state index in [4.69, 9.17) is 11.6 Å². The Bertz CT molecular complexity index is 48.8. The Kier molecular flexibility index (Phi) is 3.81. The Labute approximate surface area is 44.3 Å². The maximum atomic E-state index is 10.1. The van der Waals surface area contributed by atoms with Gasteiger partial charge in [0.15, 0.2) is 5.78 Å². The quantitative estimate of drug-likeness (QED) is 0.386. The number of hydrogen-bond donors (Lipinski definition) is 0. The molecule has 6 heavy (non-hydrogen) atoms. The lowest BCUT2D eigenvalue weighted by atomic mass is 10.5. The highest BCUT2D eigenvalue weighted by molar-refractivity contribution is 7.18. The molecule has 0 aliphatic rings. The topological polar surface area (TPSA) is 17.1 Å². The molecule has 0 aromatic heterocycles. The van der Waals surface area contributed by atoms with Gasteiger partial charge in [-0.2, -0.15) is 0 Å². The minimum absolute atomic E-state index is 0.120. The van der Waals surface area contributed by atoms with Crippen LogP contribution in [0.25, 0.3) is 0 Å². The van der Waals surface area contributed by atoms with Gasteiger partial charge in [0.2, 0.25) is 0 Å². The molecule has 0 aromatic rings. The molecule has 0 heterocycles. The summed E-state index contributed by atoms with van der Waals surface area (Å²) in [6.45, 7) is 0. The van der Waals surface area contributed by atoms with E-state index in [1.165, 1.54) is 0 Å². The van der Waals surface area contributed by atoms with Gasteiger partial charge in [0, 0.05) is 0 Å². The Hall–Kier alpha value is 0.390. The molecule has 0 saturated heterocycles. The van der Waals surface area contributed by atoms with Crippen LogP contribution >= 0.6 is 20.8 Å². The van der Waals surface area contributed by atoms with E-state index in [9.17, 15) is 4.79 Å². The second-order valence-corrected chi connectivity index (χ2v) is 1.69. The summed E-state index contributed by atoms with van der Waals surface area (Å²) in [6, 6.07) is 0. The van der Waals surface area contributed by atoms with Crippen LogP contribution in [-0.4, -0.2) is 17.8 Å². The average Bonchev–Trinajstić information content (AvgIpc) is 1.65. The number of carbonyl (C=O) groups excluding carboxylic acids is 1. The minimum Gasteiger partial charge on any atom is -0.294 e. The summed E-state index contributed by atoms with van der Waals surface area (Å²) < 4.78 is 0. The summed E-state index contributed by atoms with van der Waals surface area (Å²) in [6.07, 6.45) is 0.587. The molecule has 0 aliphatic carbocycles. The molecule has 0 N–H and O–H groups in total. The molecule has 0 rings (SSSR count). The fourth-order valence-corrected chi connectivity index (χ4v) is 0.601. The first kappa shape index (κ1) is 6.39. The van der Waals surface area contributed by atoms with Gasteiger partial charge in [0.1, 0.15) is 6.16 Å². The molecule has 0 amide bonds. The molecule has 1 unspecified atom stereocenters. The number of Topliss-reactive ketones (excluding diaryl/α,β-unsaturated/α-hetero) is 1. The first-order chi connectivity index (χ1) is 2.81. The summed E-state index contributed by atoms with van der Waals surface area (Å²) in [4.78, 5) is 10.1. The van der Waals surface area contributed by atoms with Crippen LogP contribution in [-0.2, 0) is 4.79 Å². The highest BCUT2D eigenvalue weighted by Crippen LogP contribution is 1.83. The molecule has 1 nitrogen and oxygen atoms in total. The van der Waals surface area contributed by atoms with Crippen molar-refractivity contribution < 1.29 is 4.79 Å². The SMILES string of the molecule is O=C(C[PH3+])CCl. The summed E-state index contributed by atoms with van der Waals surface area (Å²) in [5.41, 5.74) is 0. The summed E-state index contributed by atoms with van der Waals surface area (Å²) in [5, 5.41) is 0. The number of halogens is 1. The van der Waals surface area contributed by atoms with E-state index >= 15 is 0 Å². The van der Waals surface area contributed by atoms with Gasteiger partial charge in [-0.1, -0.05) is 0 Å². The van der Waals surface area contributed by atoms with Crippen molar-refractivity contribution in [2.24, 2.45) is 0 Å². The fraction of sp³-hybridized carbons (Fsp3) is 0.667. The van der Waals surface area contributed by atoms with Gasteiger partial charge < -0.3 is 0 Å². The molecule has 0 spiro atoms. The fourth-order valence-electron chi connectivity index (χ4n) is 0.0668. The Balaban J connectivity index is 2.99. The van der Waals surface area contributed by atoms with Gasteiger partial charge in [-0.25, -0.2) is 0 Å². The number of hydrogen-bond acceptors (Lipinski definition) is 1. The van der Waals surface area contributed by atoms with Crippen molar-refractivity contribution in [3.63, 3.8) is 0 Å². The molecule has 0 aromatic carbocycles. The lowest BCUT2D eigenvalue weighted by molar-refractivity contribution is -0.114. The zero-order valence-electron chi connectivity index (χ0n) is 3.41. The third-order valence-corrected chi connectivity index (χ3v) is 1.28. The Morgan fingerprint density at radius 3 is 2.33 bits per heavy atom. The Morgan fingerprint density at radius 1 is 1.83 bits per heavy atom. The van der Waals surface area contributed by atoms with Crippen LogP contribution in [0.1, 0.15) is 0 Å². The van der Waals surface area contributed by atoms with Gasteiger partial charge in [-0.15, -0.1) is 11.6 Å². The first-order valence-corrected chi connectivity index (χ1v) is 3.21. The molecule has 0 aliphatic heterocycles. The predicted molar refractivity (Wildman–Crippen MR) is 31.7 cm³/mol. The zero-order chi connectivity index (χ0) is 4.99. The number of rotatable bonds is 2. The predicted octanol–water partition coefficient (Wildman–Crippen LogP) is 0.402. The third-order valence-electron chi connectivity index (χ3n) is 0.428. The largest absolute Gasteiger partial charge is 0.294 e. The standard InChI is InChI=1S/C3H6ClOP/c4-1-3(5)2-6/h1-2,6H2/p+1. The second kappa shape index (κ2) is 3.58. The van der Waals surface area contributed by atoms with Crippen LogP contribution in [0.4, 0.5) is 0 Å². The number of ketones is 1. The van der Waals surface area contributed by atoms with E-state index in [-0.39, 0.29) is 11.7 Å². The molecule has 0 radical (unpaired) electrons. The molecule has 36 valence electrons. The Morgan fingerprint density at radius 2 is 2.33 bits per heavy atom. The van der Waals surface area contributed by atoms with Crippen LogP contribution < -0.4 is 0 Å². The second-order valence-electron chi connectivity index (χ2n) is 0.922. The van der Waals surface area contributed by atoms with Crippen molar-refractivity contribution in [3.8, 4) is 0 Å². The normalized spacial score (nSPS) is 8.83. The van der Waals surface area contributed by atoms with Gasteiger partial charge in [-0.05, 0) is 9.24 Å². The molecule has 0 saturated carbocycles. The van der Waals surface area contributed by atoms with Crippen molar-refractivity contribution in [1.29, 1.82) is 0 Å². The van der Waals surface area contributed by atoms with Crippen molar-refractivity contribution in [1.82, 2.24) is 0 Å². The van der Waals surface area contributed by atoms with E-state index < -0.39 is 0 Å². The number of carbonyl (C=O) groups is 1. The lowest BCUT2D eigenvalue weighted by Crippen LogP contribution is -1.97. The monoisotopic (exact) mass is 125 g/mol. The zero-order valence-corrected chi connectivity index (χ0v) is 5.58. The highest BCUT2D eigenvalue weighted by Gasteiger charge is 1.92. The maximum absolute atomic E-state index is 10.1. The summed E-state index contributed by atoms with van der Waals surface area (Å²) in [7, 11) is 1.63. The van der Waals surface area contributed by atoms with E-state index in [0.717, 1.165) is 0 Å². The van der Waals surface area contributed by atoms with Crippen LogP contribution in [0.5, 0.6) is 0 Å². The summed E-state index contributed by atoms with van der Waals surface area (Å²) >= 11 is 5.11. The molecule has 1 atom stereocenters. The molecule has 0 fully saturated rings. The first-order valence-electron chi connectivity index (χ1n) is 1.68. The van der Waals surface area contributed by atoms with Gasteiger partial charge in [-0.3, -0.25) is 4.79 Å². The highest BCUT2D eigenvalue weighted by atomic mass is 35.5. The van der Waals surface area contributed by atoms with E-state index in [2.05, 4.69) is 0 Å². The van der Waals surface area contributed by atoms with Crippen molar-refractivity contribution in [2.45, 2.75) is 0 Å². The molecule has 3 heteroatoms. The summed E-state index contributed by atoms with van der Waals surface area (Å²) in [5.74, 6) is 0.291. The molecular weight excluding hydrogens is 118 g/mol. The number of alkyl halides is 1. The van der Waals surface area contributed by atoms with Crippen LogP contribution in [0.15, 0.2) is 0 Å². The minimum atomic E-state index is 0.120. The lowest BCUT2D eigenvalue weighted by Gasteiger charge is -1.75. The van der Waals surface area contributed by atoms with Gasteiger partial charge in [0.05, 0.1) is 5.88 Å². The van der Waals surface area contributed by atoms with E-state index in [1.807, 2.05) is 0 Å². The van der Waals surface area contributed by atoms with Gasteiger partial charge in [0.25, 0.3) is 0 Å². The van der Waals surface area contributed by atoms with Gasteiger partial charge >= 0.3 is 0 Å². The average molecular weight is 126 g/mol. The van der Waals surface area contributed by atoms with E-state index in [1.54, 1.807) is 9.24 Å². The van der Waals surface area contributed by atoms with Crippen LogP contribution in [0, 0.1) is 0 Å². The smallest absolute Gasteiger partial charge is 0.183 e. The van der Waals surface area contributed by atoms with Crippen LogP contribution in [0.2, 0.25) is 0 Å².